The van der Waals surface area contributed by atoms with E-state index in [0.717, 1.165) is 31.7 Å². The minimum Gasteiger partial charge on any atom is -0.325 e. The Bertz CT molecular complexity index is 467. The van der Waals surface area contributed by atoms with Crippen LogP contribution in [0.4, 0.5) is 13.2 Å². The highest BCUT2D eigenvalue weighted by molar-refractivity contribution is 5.27. The standard InChI is InChI=1S/C16H22F3N/c1-14(2)6-8-15(20,9-7-14)11-12-4-3-5-13(10-12)16(17,18)19/h3-5,10H,6-9,11,20H2,1-2H3. The zero-order valence-electron chi connectivity index (χ0n) is 12.1. The van der Waals surface area contributed by atoms with Gasteiger partial charge in [-0.1, -0.05) is 32.0 Å². The Morgan fingerprint density at radius 1 is 1.10 bits per heavy atom. The SMILES string of the molecule is CC1(C)CCC(N)(Cc2cccc(C(F)(F)F)c2)CC1. The lowest BCUT2D eigenvalue weighted by atomic mass is 9.68. The van der Waals surface area contributed by atoms with Gasteiger partial charge in [-0.05, 0) is 49.1 Å². The van der Waals surface area contributed by atoms with Crippen LogP contribution in [0.3, 0.4) is 0 Å². The topological polar surface area (TPSA) is 26.0 Å². The molecule has 2 N–H and O–H groups in total. The van der Waals surface area contributed by atoms with Crippen LogP contribution in [0, 0.1) is 5.41 Å². The molecule has 0 amide bonds. The molecule has 1 aromatic carbocycles. The third-order valence-corrected chi connectivity index (χ3v) is 4.41. The van der Waals surface area contributed by atoms with Crippen LogP contribution in [0.5, 0.6) is 0 Å². The molecule has 112 valence electrons. The van der Waals surface area contributed by atoms with E-state index in [1.165, 1.54) is 12.1 Å². The van der Waals surface area contributed by atoms with Crippen molar-refractivity contribution in [2.75, 3.05) is 0 Å². The molecule has 4 heteroatoms. The van der Waals surface area contributed by atoms with Crippen molar-refractivity contribution in [3.63, 3.8) is 0 Å². The number of halogens is 3. The van der Waals surface area contributed by atoms with Crippen molar-refractivity contribution in [1.29, 1.82) is 0 Å². The highest BCUT2D eigenvalue weighted by atomic mass is 19.4. The fourth-order valence-electron chi connectivity index (χ4n) is 2.87. The third kappa shape index (κ3) is 3.75. The number of benzene rings is 1. The highest BCUT2D eigenvalue weighted by Crippen LogP contribution is 2.40. The summed E-state index contributed by atoms with van der Waals surface area (Å²) in [6.45, 7) is 4.44. The second-order valence-electron chi connectivity index (χ2n) is 6.90. The fraction of sp³-hybridized carbons (Fsp3) is 0.625. The minimum atomic E-state index is -4.29. The molecule has 0 aromatic heterocycles. The van der Waals surface area contributed by atoms with Crippen LogP contribution >= 0.6 is 0 Å². The lowest BCUT2D eigenvalue weighted by molar-refractivity contribution is -0.137. The monoisotopic (exact) mass is 285 g/mol. The molecular formula is C16H22F3N. The summed E-state index contributed by atoms with van der Waals surface area (Å²) >= 11 is 0. The summed E-state index contributed by atoms with van der Waals surface area (Å²) in [4.78, 5) is 0. The van der Waals surface area contributed by atoms with Gasteiger partial charge < -0.3 is 5.73 Å². The first-order valence-corrected chi connectivity index (χ1v) is 7.05. The van der Waals surface area contributed by atoms with Crippen LogP contribution in [-0.4, -0.2) is 5.54 Å². The summed E-state index contributed by atoms with van der Waals surface area (Å²) in [5.41, 5.74) is 6.43. The zero-order valence-corrected chi connectivity index (χ0v) is 12.1. The van der Waals surface area contributed by atoms with Gasteiger partial charge in [-0.15, -0.1) is 0 Å². The van der Waals surface area contributed by atoms with Crippen molar-refractivity contribution in [3.05, 3.63) is 35.4 Å². The average Bonchev–Trinajstić information content (AvgIpc) is 2.33. The molecule has 1 saturated carbocycles. The molecule has 1 fully saturated rings. The molecule has 1 aromatic rings. The van der Waals surface area contributed by atoms with Gasteiger partial charge in [0, 0.05) is 5.54 Å². The zero-order chi connectivity index (χ0) is 15.0. The van der Waals surface area contributed by atoms with Crippen molar-refractivity contribution in [3.8, 4) is 0 Å². The average molecular weight is 285 g/mol. The summed E-state index contributed by atoms with van der Waals surface area (Å²) < 4.78 is 38.1. The van der Waals surface area contributed by atoms with E-state index in [9.17, 15) is 13.2 Å². The van der Waals surface area contributed by atoms with Gasteiger partial charge in [0.05, 0.1) is 5.56 Å². The predicted molar refractivity (Wildman–Crippen MR) is 74.3 cm³/mol. The van der Waals surface area contributed by atoms with E-state index in [1.807, 2.05) is 0 Å². The van der Waals surface area contributed by atoms with Crippen molar-refractivity contribution < 1.29 is 13.2 Å². The van der Waals surface area contributed by atoms with Gasteiger partial charge in [0.15, 0.2) is 0 Å². The maximum Gasteiger partial charge on any atom is 0.416 e. The molecule has 0 bridgehead atoms. The summed E-state index contributed by atoms with van der Waals surface area (Å²) in [5, 5.41) is 0. The van der Waals surface area contributed by atoms with Gasteiger partial charge >= 0.3 is 6.18 Å². The van der Waals surface area contributed by atoms with E-state index in [2.05, 4.69) is 13.8 Å². The van der Waals surface area contributed by atoms with Gasteiger partial charge in [0.25, 0.3) is 0 Å². The van der Waals surface area contributed by atoms with Crippen molar-refractivity contribution in [1.82, 2.24) is 0 Å². The van der Waals surface area contributed by atoms with Gasteiger partial charge in [-0.3, -0.25) is 0 Å². The molecule has 0 radical (unpaired) electrons. The van der Waals surface area contributed by atoms with E-state index < -0.39 is 11.7 Å². The van der Waals surface area contributed by atoms with Crippen LogP contribution in [0.25, 0.3) is 0 Å². The van der Waals surface area contributed by atoms with Crippen LogP contribution in [0.15, 0.2) is 24.3 Å². The Morgan fingerprint density at radius 3 is 2.25 bits per heavy atom. The number of alkyl halides is 3. The molecule has 0 unspecified atom stereocenters. The van der Waals surface area contributed by atoms with Crippen LogP contribution in [0.2, 0.25) is 0 Å². The summed E-state index contributed by atoms with van der Waals surface area (Å²) in [7, 11) is 0. The first-order valence-electron chi connectivity index (χ1n) is 7.05. The summed E-state index contributed by atoms with van der Waals surface area (Å²) in [6, 6.07) is 5.54. The predicted octanol–water partition coefficient (Wildman–Crippen LogP) is 4.55. The van der Waals surface area contributed by atoms with Crippen molar-refractivity contribution in [2.24, 2.45) is 11.1 Å². The Morgan fingerprint density at radius 2 is 1.70 bits per heavy atom. The van der Waals surface area contributed by atoms with Gasteiger partial charge in [-0.25, -0.2) is 0 Å². The maximum atomic E-state index is 12.7. The molecule has 0 atom stereocenters. The quantitative estimate of drug-likeness (QED) is 0.848. The molecular weight excluding hydrogens is 263 g/mol. The van der Waals surface area contributed by atoms with Crippen LogP contribution in [-0.2, 0) is 12.6 Å². The molecule has 0 spiro atoms. The second-order valence-corrected chi connectivity index (χ2v) is 6.90. The molecule has 0 heterocycles. The summed E-state index contributed by atoms with van der Waals surface area (Å²) in [5.74, 6) is 0. The Kier molecular flexibility index (Phi) is 3.89. The number of hydrogen-bond donors (Lipinski definition) is 1. The smallest absolute Gasteiger partial charge is 0.325 e. The number of nitrogens with two attached hydrogens (primary N) is 1. The van der Waals surface area contributed by atoms with E-state index in [0.29, 0.717) is 17.4 Å². The number of hydrogen-bond acceptors (Lipinski definition) is 1. The molecule has 1 aliphatic rings. The lowest BCUT2D eigenvalue weighted by Crippen LogP contribution is -2.46. The first kappa shape index (κ1) is 15.4. The van der Waals surface area contributed by atoms with E-state index in [1.54, 1.807) is 6.07 Å². The first-order chi connectivity index (χ1) is 9.10. The Labute approximate surface area is 118 Å². The lowest BCUT2D eigenvalue weighted by Gasteiger charge is -2.41. The Hall–Kier alpha value is -1.03. The maximum absolute atomic E-state index is 12.7. The van der Waals surface area contributed by atoms with Gasteiger partial charge in [0.1, 0.15) is 0 Å². The number of rotatable bonds is 2. The van der Waals surface area contributed by atoms with Crippen molar-refractivity contribution in [2.45, 2.75) is 57.7 Å². The van der Waals surface area contributed by atoms with Gasteiger partial charge in [-0.2, -0.15) is 13.2 Å². The Balaban J connectivity index is 2.11. The molecule has 0 aliphatic heterocycles. The minimum absolute atomic E-state index is 0.302. The fourth-order valence-corrected chi connectivity index (χ4v) is 2.87. The summed E-state index contributed by atoms with van der Waals surface area (Å²) in [6.07, 6.45) is 0.0384. The van der Waals surface area contributed by atoms with E-state index >= 15 is 0 Å². The molecule has 2 rings (SSSR count). The molecule has 1 aliphatic carbocycles. The van der Waals surface area contributed by atoms with Gasteiger partial charge in [0.2, 0.25) is 0 Å². The molecule has 0 saturated heterocycles. The second kappa shape index (κ2) is 5.06. The highest BCUT2D eigenvalue weighted by Gasteiger charge is 2.36. The molecule has 1 nitrogen and oxygen atoms in total. The third-order valence-electron chi connectivity index (χ3n) is 4.41. The van der Waals surface area contributed by atoms with Crippen molar-refractivity contribution >= 4 is 0 Å². The van der Waals surface area contributed by atoms with Crippen LogP contribution < -0.4 is 5.73 Å². The van der Waals surface area contributed by atoms with E-state index in [4.69, 9.17) is 5.73 Å². The largest absolute Gasteiger partial charge is 0.416 e. The van der Waals surface area contributed by atoms with Crippen LogP contribution in [0.1, 0.15) is 50.7 Å². The van der Waals surface area contributed by atoms with E-state index in [-0.39, 0.29) is 5.54 Å². The molecule has 20 heavy (non-hydrogen) atoms. The normalized spacial score (nSPS) is 21.7.